The molecule has 2 aromatic rings. The second-order valence-electron chi connectivity index (χ2n) is 7.31. The molecule has 1 atom stereocenters. The van der Waals surface area contributed by atoms with E-state index in [0.717, 1.165) is 23.2 Å². The summed E-state index contributed by atoms with van der Waals surface area (Å²) in [7, 11) is 0. The number of carbonyl (C=O) groups excluding carboxylic acids is 3. The zero-order valence-electron chi connectivity index (χ0n) is 15.7. The van der Waals surface area contributed by atoms with Crippen molar-refractivity contribution in [1.29, 1.82) is 0 Å². The van der Waals surface area contributed by atoms with Gasteiger partial charge in [-0.25, -0.2) is 4.79 Å². The second-order valence-corrected chi connectivity index (χ2v) is 7.31. The summed E-state index contributed by atoms with van der Waals surface area (Å²) in [6.07, 6.45) is 0.946. The smallest absolute Gasteiger partial charge is 0.338 e. The van der Waals surface area contributed by atoms with Crippen molar-refractivity contribution in [3.63, 3.8) is 0 Å². The molecule has 27 heavy (non-hydrogen) atoms. The van der Waals surface area contributed by atoms with E-state index in [1.165, 1.54) is 0 Å². The molecule has 0 aromatic heterocycles. The maximum atomic E-state index is 12.4. The van der Waals surface area contributed by atoms with Gasteiger partial charge in [-0.2, -0.15) is 0 Å². The van der Waals surface area contributed by atoms with Crippen molar-refractivity contribution in [3.05, 3.63) is 64.7 Å². The van der Waals surface area contributed by atoms with Crippen molar-refractivity contribution in [2.75, 3.05) is 11.9 Å². The zero-order valence-corrected chi connectivity index (χ0v) is 15.7. The fourth-order valence-electron chi connectivity index (χ4n) is 3.14. The predicted molar refractivity (Wildman–Crippen MR) is 103 cm³/mol. The highest BCUT2D eigenvalue weighted by molar-refractivity contribution is 6.05. The second kappa shape index (κ2) is 7.74. The van der Waals surface area contributed by atoms with Crippen molar-refractivity contribution in [2.24, 2.45) is 5.92 Å². The molecule has 140 valence electrons. The first-order chi connectivity index (χ1) is 12.8. The molecular formula is C22H23NO4. The van der Waals surface area contributed by atoms with Crippen LogP contribution in [0.5, 0.6) is 0 Å². The number of rotatable bonds is 6. The van der Waals surface area contributed by atoms with Crippen LogP contribution in [0.25, 0.3) is 0 Å². The first-order valence-electron chi connectivity index (χ1n) is 9.09. The Bertz CT molecular complexity index is 884. The number of anilines is 1. The van der Waals surface area contributed by atoms with E-state index in [4.69, 9.17) is 4.74 Å². The minimum absolute atomic E-state index is 0.0815. The lowest BCUT2D eigenvalue weighted by molar-refractivity contribution is -0.116. The van der Waals surface area contributed by atoms with Crippen molar-refractivity contribution in [2.45, 2.75) is 33.1 Å². The number of Topliss-reactive ketones (excluding diaryl/α,β-unsaturated/α-hetero) is 1. The molecule has 5 heteroatoms. The van der Waals surface area contributed by atoms with Gasteiger partial charge in [0.15, 0.2) is 12.4 Å². The van der Waals surface area contributed by atoms with Gasteiger partial charge in [0.2, 0.25) is 5.91 Å². The maximum Gasteiger partial charge on any atom is 0.338 e. The molecule has 0 saturated heterocycles. The number of hydrogen-bond donors (Lipinski definition) is 1. The lowest BCUT2D eigenvalue weighted by atomic mass is 9.99. The van der Waals surface area contributed by atoms with Crippen LogP contribution in [-0.4, -0.2) is 24.3 Å². The fraction of sp³-hybridized carbons (Fsp3) is 0.318. The Hall–Kier alpha value is -2.95. The molecule has 1 heterocycles. The predicted octanol–water partition coefficient (Wildman–Crippen LogP) is 3.98. The Balaban J connectivity index is 1.61. The monoisotopic (exact) mass is 365 g/mol. The minimum Gasteiger partial charge on any atom is -0.454 e. The van der Waals surface area contributed by atoms with Gasteiger partial charge in [-0.3, -0.25) is 9.59 Å². The van der Waals surface area contributed by atoms with Gasteiger partial charge in [-0.15, -0.1) is 0 Å². The third kappa shape index (κ3) is 4.25. The Morgan fingerprint density at radius 3 is 2.41 bits per heavy atom. The molecule has 2 aromatic carbocycles. The largest absolute Gasteiger partial charge is 0.454 e. The van der Waals surface area contributed by atoms with Gasteiger partial charge in [0, 0.05) is 11.3 Å². The standard InChI is InChI=1S/C22H23NO4/c1-13(2)10-15-4-6-16(7-5-15)22(26)27-12-20(24)17-8-9-19-18(11-17)14(3)21(25)23-19/h4-9,11,13-14H,10,12H2,1-3H3,(H,23,25)/t14-/m1/s1. The van der Waals surface area contributed by atoms with E-state index in [1.807, 2.05) is 12.1 Å². The molecular weight excluding hydrogens is 342 g/mol. The SMILES string of the molecule is CC(C)Cc1ccc(C(=O)OCC(=O)c2ccc3c(c2)[C@@H](C)C(=O)N3)cc1. The third-order valence-electron chi connectivity index (χ3n) is 4.66. The number of fused-ring (bicyclic) bond motifs is 1. The van der Waals surface area contributed by atoms with Crippen molar-refractivity contribution in [3.8, 4) is 0 Å². The van der Waals surface area contributed by atoms with E-state index in [2.05, 4.69) is 19.2 Å². The molecule has 0 saturated carbocycles. The van der Waals surface area contributed by atoms with Gasteiger partial charge in [0.05, 0.1) is 11.5 Å². The summed E-state index contributed by atoms with van der Waals surface area (Å²) >= 11 is 0. The minimum atomic E-state index is -0.522. The molecule has 3 rings (SSSR count). The number of ketones is 1. The molecule has 1 aliphatic heterocycles. The molecule has 1 aliphatic rings. The first kappa shape index (κ1) is 18.8. The number of esters is 1. The van der Waals surface area contributed by atoms with Crippen molar-refractivity contribution in [1.82, 2.24) is 0 Å². The van der Waals surface area contributed by atoms with Crippen LogP contribution in [0.15, 0.2) is 42.5 Å². The highest BCUT2D eigenvalue weighted by Crippen LogP contribution is 2.32. The fourth-order valence-corrected chi connectivity index (χ4v) is 3.14. The summed E-state index contributed by atoms with van der Waals surface area (Å²) in [6.45, 7) is 5.73. The van der Waals surface area contributed by atoms with E-state index in [0.29, 0.717) is 17.0 Å². The van der Waals surface area contributed by atoms with Crippen LogP contribution in [0.4, 0.5) is 5.69 Å². The number of benzene rings is 2. The van der Waals surface area contributed by atoms with Crippen LogP contribution in [0, 0.1) is 5.92 Å². The Kier molecular flexibility index (Phi) is 5.40. The topological polar surface area (TPSA) is 72.5 Å². The number of nitrogens with one attached hydrogen (secondary N) is 1. The van der Waals surface area contributed by atoms with Crippen molar-refractivity contribution >= 4 is 23.3 Å². The van der Waals surface area contributed by atoms with Crippen LogP contribution < -0.4 is 5.32 Å². The first-order valence-corrected chi connectivity index (χ1v) is 9.09. The quantitative estimate of drug-likeness (QED) is 0.621. The van der Waals surface area contributed by atoms with Crippen molar-refractivity contribution < 1.29 is 19.1 Å². The van der Waals surface area contributed by atoms with E-state index < -0.39 is 5.97 Å². The summed E-state index contributed by atoms with van der Waals surface area (Å²) in [4.78, 5) is 36.2. The zero-order chi connectivity index (χ0) is 19.6. The van der Waals surface area contributed by atoms with Gasteiger partial charge < -0.3 is 10.1 Å². The molecule has 5 nitrogen and oxygen atoms in total. The third-order valence-corrected chi connectivity index (χ3v) is 4.66. The molecule has 0 aliphatic carbocycles. The summed E-state index contributed by atoms with van der Waals surface area (Å²) in [5.74, 6) is -0.650. The molecule has 0 unspecified atom stereocenters. The molecule has 1 N–H and O–H groups in total. The highest BCUT2D eigenvalue weighted by atomic mass is 16.5. The Labute approximate surface area is 158 Å². The molecule has 0 spiro atoms. The van der Waals surface area contributed by atoms with Gasteiger partial charge in [0.25, 0.3) is 0 Å². The molecule has 0 fully saturated rings. The summed E-state index contributed by atoms with van der Waals surface area (Å²) < 4.78 is 5.16. The normalized spacial score (nSPS) is 15.4. The Morgan fingerprint density at radius 1 is 1.07 bits per heavy atom. The number of ether oxygens (including phenoxy) is 1. The number of carbonyl (C=O) groups is 3. The van der Waals surface area contributed by atoms with Crippen LogP contribution in [0.2, 0.25) is 0 Å². The van der Waals surface area contributed by atoms with Crippen LogP contribution >= 0.6 is 0 Å². The average molecular weight is 365 g/mol. The summed E-state index contributed by atoms with van der Waals surface area (Å²) in [6, 6.07) is 12.3. The van der Waals surface area contributed by atoms with E-state index in [-0.39, 0.29) is 24.2 Å². The lowest BCUT2D eigenvalue weighted by Gasteiger charge is -2.08. The number of amides is 1. The molecule has 0 radical (unpaired) electrons. The van der Waals surface area contributed by atoms with Gasteiger partial charge in [-0.1, -0.05) is 26.0 Å². The highest BCUT2D eigenvalue weighted by Gasteiger charge is 2.27. The van der Waals surface area contributed by atoms with E-state index in [1.54, 1.807) is 37.3 Å². The van der Waals surface area contributed by atoms with Crippen LogP contribution in [-0.2, 0) is 16.0 Å². The summed E-state index contributed by atoms with van der Waals surface area (Å²) in [5.41, 5.74) is 3.53. The van der Waals surface area contributed by atoms with Gasteiger partial charge >= 0.3 is 5.97 Å². The van der Waals surface area contributed by atoms with Gasteiger partial charge in [-0.05, 0) is 60.7 Å². The molecule has 1 amide bonds. The average Bonchev–Trinajstić information content (AvgIpc) is 2.93. The number of hydrogen-bond acceptors (Lipinski definition) is 4. The Morgan fingerprint density at radius 2 is 1.74 bits per heavy atom. The van der Waals surface area contributed by atoms with E-state index in [9.17, 15) is 14.4 Å². The van der Waals surface area contributed by atoms with Gasteiger partial charge in [0.1, 0.15) is 0 Å². The lowest BCUT2D eigenvalue weighted by Crippen LogP contribution is -2.14. The molecule has 0 bridgehead atoms. The van der Waals surface area contributed by atoms with Crippen LogP contribution in [0.1, 0.15) is 58.5 Å². The maximum absolute atomic E-state index is 12.4. The van der Waals surface area contributed by atoms with Crippen LogP contribution in [0.3, 0.4) is 0 Å². The summed E-state index contributed by atoms with van der Waals surface area (Å²) in [5, 5.41) is 2.77. The van der Waals surface area contributed by atoms with E-state index >= 15 is 0 Å².